The summed E-state index contributed by atoms with van der Waals surface area (Å²) in [5, 5.41) is 3.46. The first-order valence-corrected chi connectivity index (χ1v) is 51.0. The van der Waals surface area contributed by atoms with Crippen molar-refractivity contribution in [2.45, 2.75) is 38.5 Å². The van der Waals surface area contributed by atoms with E-state index in [0.29, 0.717) is 18.6 Å². The van der Waals surface area contributed by atoms with Crippen LogP contribution in [0, 0.1) is 55.0 Å². The highest BCUT2D eigenvalue weighted by Gasteiger charge is 2.45. The normalized spacial score (nSPS) is 23.2. The molecule has 1 N–H and O–H groups in total. The second-order valence-corrected chi connectivity index (χ2v) is 52.5. The number of terminal acetylenes is 1. The van der Waals surface area contributed by atoms with Gasteiger partial charge >= 0.3 is 0 Å². The number of hydrogen-bond acceptors (Lipinski definition) is 15. The van der Waals surface area contributed by atoms with E-state index in [4.69, 9.17) is 38.3 Å². The monoisotopic (exact) mass is 1660 g/mol. The molecular weight excluding hydrogens is 1610 g/mol. The van der Waals surface area contributed by atoms with Gasteiger partial charge < -0.3 is 34.2 Å². The molecule has 0 aliphatic carbocycles. The summed E-state index contributed by atoms with van der Waals surface area (Å²) in [4.78, 5) is 35.7. The number of anilines is 3. The quantitative estimate of drug-likeness (QED) is 0.212. The number of carbonyl (C=O) groups excluding carboxylic acids is 1. The number of ether oxygens (including phenoxy) is 3. The van der Waals surface area contributed by atoms with E-state index in [-0.39, 0.29) is 5.60 Å². The molecule has 0 spiro atoms. The van der Waals surface area contributed by atoms with Crippen LogP contribution in [0.25, 0.3) is 0 Å². The summed E-state index contributed by atoms with van der Waals surface area (Å²) in [5.74, 6) is 10.9. The maximum Gasteiger partial charge on any atom is 0.293 e. The summed E-state index contributed by atoms with van der Waals surface area (Å²) in [6, 6.07) is 14.0. The van der Waals surface area contributed by atoms with E-state index in [1.54, 1.807) is 139 Å². The van der Waals surface area contributed by atoms with Crippen LogP contribution in [0.1, 0.15) is 26.3 Å². The molecule has 11 rings (SSSR count). The van der Waals surface area contributed by atoms with Crippen molar-refractivity contribution in [3.63, 3.8) is 0 Å². The zero-order valence-electron chi connectivity index (χ0n) is 43.5. The third kappa shape index (κ3) is 23.7. The van der Waals surface area contributed by atoms with E-state index in [0.717, 1.165) is 98.0 Å². The fraction of sp³-hybridized carbons (Fsp3) is 0.609. The van der Waals surface area contributed by atoms with Crippen molar-refractivity contribution in [1.29, 1.82) is 0 Å². The fourth-order valence-electron chi connectivity index (χ4n) is 10.0. The van der Waals surface area contributed by atoms with E-state index in [2.05, 4.69) is 125 Å². The molecular formula is C46H61I2N9O4S19. The van der Waals surface area contributed by atoms with Crippen molar-refractivity contribution in [3.8, 4) is 12.3 Å². The van der Waals surface area contributed by atoms with Crippen molar-refractivity contribution < 1.29 is 19.0 Å². The molecule has 34 heteroatoms. The van der Waals surface area contributed by atoms with Crippen molar-refractivity contribution in [2.75, 3.05) is 120 Å². The molecule has 3 aromatic rings. The first kappa shape index (κ1) is 68.8. The SMILES string of the molecule is C#Cc1ccc(N2C[C@@H]3CN(C4COC4)C[C@@H]3C2)nc1.CC(C)(C)OC=O.Ic1ccc(N2C[C@@H]3CN(C4COC4)C[C@@H]3C2)nc1.Ic1ccc(N2C[C@H]3CNC[C@H]3C2)nc1.S=S=S=S=S=S=S=S=S=S=S=S=S=S=S=S=S=S=S. The number of nitrogens with zero attached hydrogens (tertiary/aromatic N) is 8. The average Bonchev–Trinajstić information content (AvgIpc) is 4.29. The van der Waals surface area contributed by atoms with Gasteiger partial charge in [0.1, 0.15) is 23.1 Å². The molecule has 11 heterocycles. The van der Waals surface area contributed by atoms with E-state index in [9.17, 15) is 4.79 Å². The largest absolute Gasteiger partial charge is 0.462 e. The van der Waals surface area contributed by atoms with Crippen molar-refractivity contribution >= 4 is 242 Å². The summed E-state index contributed by atoms with van der Waals surface area (Å²) in [6.07, 6.45) is 11.1. The minimum atomic E-state index is -0.318. The first-order chi connectivity index (χ1) is 38.9. The molecule has 0 unspecified atom stereocenters. The topological polar surface area (TPSA) is 112 Å². The number of hydrogen-bond donors (Lipinski definition) is 1. The van der Waals surface area contributed by atoms with Crippen molar-refractivity contribution in [3.05, 3.63) is 67.7 Å². The Bertz CT molecular complexity index is 3270. The molecule has 0 saturated carbocycles. The summed E-state index contributed by atoms with van der Waals surface area (Å²) >= 11 is 14.1. The molecule has 442 valence electrons. The van der Waals surface area contributed by atoms with Crippen LogP contribution >= 0.6 is 45.2 Å². The maximum atomic E-state index is 9.60. The van der Waals surface area contributed by atoms with Gasteiger partial charge in [0.15, 0.2) is 0 Å². The number of halogens is 2. The first-order valence-electron chi connectivity index (χ1n) is 24.9. The summed E-state index contributed by atoms with van der Waals surface area (Å²) in [7, 11) is 29.0. The predicted molar refractivity (Wildman–Crippen MR) is 396 cm³/mol. The van der Waals surface area contributed by atoms with Gasteiger partial charge in [-0.2, -0.15) is 0 Å². The molecule has 6 atom stereocenters. The minimum absolute atomic E-state index is 0.318. The molecule has 8 saturated heterocycles. The zero-order chi connectivity index (χ0) is 56.5. The van der Waals surface area contributed by atoms with Crippen LogP contribution in [-0.2, 0) is 192 Å². The smallest absolute Gasteiger partial charge is 0.293 e. The lowest BCUT2D eigenvalue weighted by molar-refractivity contribution is -0.138. The molecule has 8 fully saturated rings. The zero-order valence-corrected chi connectivity index (χ0v) is 63.3. The number of aromatic nitrogens is 3. The Morgan fingerprint density at radius 1 is 0.550 bits per heavy atom. The molecule has 8 aliphatic rings. The number of fused-ring (bicyclic) bond motifs is 3. The summed E-state index contributed by atoms with van der Waals surface area (Å²) < 4.78 is 17.6. The van der Waals surface area contributed by atoms with E-state index in [1.807, 2.05) is 45.3 Å². The fourth-order valence-corrected chi connectivity index (χ4v) is 51.8. The van der Waals surface area contributed by atoms with Crippen LogP contribution in [0.3, 0.4) is 0 Å². The Morgan fingerprint density at radius 3 is 1.14 bits per heavy atom. The Balaban J connectivity index is 0.000000149. The van der Waals surface area contributed by atoms with Crippen molar-refractivity contribution in [1.82, 2.24) is 30.1 Å². The third-order valence-corrected chi connectivity index (χ3v) is 50.7. The van der Waals surface area contributed by atoms with Crippen LogP contribution < -0.4 is 20.0 Å². The van der Waals surface area contributed by atoms with Gasteiger partial charge in [0.2, 0.25) is 0 Å². The van der Waals surface area contributed by atoms with Crippen LogP contribution in [0.4, 0.5) is 17.5 Å². The Hall–Kier alpha value is 1.32. The molecule has 13 nitrogen and oxygen atoms in total. The number of pyridine rings is 3. The van der Waals surface area contributed by atoms with Crippen LogP contribution in [0.5, 0.6) is 0 Å². The van der Waals surface area contributed by atoms with E-state index < -0.39 is 0 Å². The van der Waals surface area contributed by atoms with Crippen LogP contribution in [0.2, 0.25) is 0 Å². The molecule has 3 aromatic heterocycles. The number of likely N-dealkylation sites (tertiary alicyclic amines) is 2. The summed E-state index contributed by atoms with van der Waals surface area (Å²) in [6.45, 7) is 23.9. The van der Waals surface area contributed by atoms with Gasteiger partial charge in [0.05, 0.1) is 38.5 Å². The van der Waals surface area contributed by atoms with E-state index in [1.165, 1.54) is 90.3 Å². The molecule has 0 aromatic carbocycles. The van der Waals surface area contributed by atoms with Gasteiger partial charge in [-0.3, -0.25) is 14.6 Å². The average molecular weight is 1670 g/mol. The van der Waals surface area contributed by atoms with Gasteiger partial charge in [-0.05, 0) is 138 Å². The molecule has 0 amide bonds. The highest BCUT2D eigenvalue weighted by Crippen LogP contribution is 2.37. The molecule has 0 bridgehead atoms. The Kier molecular flexibility index (Phi) is 32.7. The van der Waals surface area contributed by atoms with Gasteiger partial charge in [0.25, 0.3) is 6.47 Å². The van der Waals surface area contributed by atoms with Gasteiger partial charge in [-0.1, -0.05) is 5.92 Å². The predicted octanol–water partition coefficient (Wildman–Crippen LogP) is 4.54. The van der Waals surface area contributed by atoms with Crippen LogP contribution in [-0.4, -0.2) is 154 Å². The standard InChI is InChI=1S/C16H19N3O.C14H18IN3O.C11H14IN3.C5H10O2.S19/c1-2-12-3-4-16(17-5-12)19-8-13-6-18(7-14(13)9-19)15-10-20-11-15;15-12-1-2-14(16-3-12)18-6-10-4-17(5-11(10)7-18)13-8-19-9-13;12-10-1-2-11(14-5-10)15-6-8-3-13-4-9(8)7-15;1-5(2,3)7-4-6;1-3-5-7-9-11-13-15-17-19-18-16-14-12-10-8-6-4-2/h1,3-5,13-15H,6-11H2;1-3,10-11,13H,4-9H2;1-2,5,8-9,13H,3-4,6-7H2;4H,1-3H3;/t13-,14+;10-,11+;8-,9+;;. The Labute approximate surface area is 556 Å². The second-order valence-electron chi connectivity index (χ2n) is 19.9. The molecule has 8 aliphatic heterocycles. The van der Waals surface area contributed by atoms with Crippen LogP contribution in [0.15, 0.2) is 55.0 Å². The lowest BCUT2D eigenvalue weighted by Gasteiger charge is -2.35. The number of nitrogens with one attached hydrogen (secondary N) is 1. The minimum Gasteiger partial charge on any atom is -0.462 e. The molecule has 0 radical (unpaired) electrons. The lowest BCUT2D eigenvalue weighted by Crippen LogP contribution is -2.48. The van der Waals surface area contributed by atoms with Crippen molar-refractivity contribution in [2.24, 2.45) is 35.5 Å². The number of carbonyl (C=O) groups is 1. The second kappa shape index (κ2) is 38.0. The van der Waals surface area contributed by atoms with Gasteiger partial charge in [-0.25, -0.2) is 15.0 Å². The maximum absolute atomic E-state index is 9.60. The Morgan fingerprint density at radius 2 is 0.887 bits per heavy atom. The third-order valence-electron chi connectivity index (χ3n) is 13.8. The van der Waals surface area contributed by atoms with Gasteiger partial charge in [-0.15, -0.1) is 6.42 Å². The highest BCUT2D eigenvalue weighted by atomic mass is 127. The van der Waals surface area contributed by atoms with E-state index >= 15 is 0 Å². The van der Waals surface area contributed by atoms with Gasteiger partial charge in [0, 0.05) is 283 Å². The lowest BCUT2D eigenvalue weighted by atomic mass is 10.0. The molecule has 80 heavy (non-hydrogen) atoms. The number of rotatable bonds is 6. The summed E-state index contributed by atoms with van der Waals surface area (Å²) in [5.41, 5.74) is 0.533. The highest BCUT2D eigenvalue weighted by molar-refractivity contribution is 14.1.